The van der Waals surface area contributed by atoms with E-state index in [4.69, 9.17) is 0 Å². The van der Waals surface area contributed by atoms with E-state index >= 15 is 0 Å². The maximum atomic E-state index is 4.43. The molecule has 3 aromatic rings. The van der Waals surface area contributed by atoms with Crippen LogP contribution in [0.1, 0.15) is 17.0 Å². The third-order valence-corrected chi connectivity index (χ3v) is 4.07. The van der Waals surface area contributed by atoms with Crippen molar-refractivity contribution in [1.82, 2.24) is 14.9 Å². The zero-order valence-corrected chi connectivity index (χ0v) is 11.3. The molecular weight excluding hydrogens is 246 g/mol. The van der Waals surface area contributed by atoms with Crippen LogP contribution in [0.25, 0.3) is 10.9 Å². The summed E-state index contributed by atoms with van der Waals surface area (Å²) in [6, 6.07) is 14.7. The average Bonchev–Trinajstić information content (AvgIpc) is 2.86. The summed E-state index contributed by atoms with van der Waals surface area (Å²) in [7, 11) is 0. The van der Waals surface area contributed by atoms with Crippen molar-refractivity contribution in [3.63, 3.8) is 0 Å². The van der Waals surface area contributed by atoms with E-state index in [1.165, 1.54) is 22.2 Å². The second-order valence-corrected chi connectivity index (χ2v) is 5.41. The van der Waals surface area contributed by atoms with Gasteiger partial charge in [0.15, 0.2) is 0 Å². The number of para-hydroxylation sites is 1. The summed E-state index contributed by atoms with van der Waals surface area (Å²) >= 11 is 0. The quantitative estimate of drug-likeness (QED) is 0.770. The molecule has 20 heavy (non-hydrogen) atoms. The first kappa shape index (κ1) is 11.7. The molecule has 100 valence electrons. The molecule has 4 rings (SSSR count). The molecule has 2 aromatic heterocycles. The van der Waals surface area contributed by atoms with Crippen LogP contribution in [0.15, 0.2) is 48.7 Å². The fourth-order valence-corrected chi connectivity index (χ4v) is 3.08. The van der Waals surface area contributed by atoms with Gasteiger partial charge in [-0.25, -0.2) is 0 Å². The van der Waals surface area contributed by atoms with Crippen molar-refractivity contribution in [2.24, 2.45) is 0 Å². The number of rotatable bonds is 2. The smallest absolute Gasteiger partial charge is 0.0544 e. The van der Waals surface area contributed by atoms with Gasteiger partial charge >= 0.3 is 0 Å². The van der Waals surface area contributed by atoms with Gasteiger partial charge in [-0.1, -0.05) is 24.3 Å². The number of H-pyrrole nitrogens is 1. The van der Waals surface area contributed by atoms with E-state index in [0.29, 0.717) is 0 Å². The van der Waals surface area contributed by atoms with Crippen LogP contribution in [0.3, 0.4) is 0 Å². The fraction of sp³-hybridized carbons (Fsp3) is 0.235. The molecule has 1 aliphatic rings. The molecular formula is C17H17N3. The Morgan fingerprint density at radius 2 is 2.00 bits per heavy atom. The topological polar surface area (TPSA) is 31.9 Å². The molecule has 3 heterocycles. The van der Waals surface area contributed by atoms with Crippen LogP contribution in [0.5, 0.6) is 0 Å². The van der Waals surface area contributed by atoms with Crippen molar-refractivity contribution in [2.75, 3.05) is 6.54 Å². The van der Waals surface area contributed by atoms with Crippen molar-refractivity contribution in [3.05, 3.63) is 65.6 Å². The van der Waals surface area contributed by atoms with Gasteiger partial charge in [0, 0.05) is 48.8 Å². The summed E-state index contributed by atoms with van der Waals surface area (Å²) < 4.78 is 0. The first-order chi connectivity index (χ1) is 9.90. The van der Waals surface area contributed by atoms with Crippen LogP contribution in [0.4, 0.5) is 0 Å². The van der Waals surface area contributed by atoms with E-state index in [-0.39, 0.29) is 0 Å². The molecule has 0 aliphatic carbocycles. The van der Waals surface area contributed by atoms with Crippen LogP contribution in [-0.4, -0.2) is 21.4 Å². The van der Waals surface area contributed by atoms with Gasteiger partial charge in [-0.15, -0.1) is 0 Å². The molecule has 0 spiro atoms. The first-order valence-electron chi connectivity index (χ1n) is 7.11. The van der Waals surface area contributed by atoms with Crippen LogP contribution >= 0.6 is 0 Å². The molecule has 3 heteroatoms. The molecule has 0 saturated carbocycles. The van der Waals surface area contributed by atoms with Gasteiger partial charge < -0.3 is 4.98 Å². The Labute approximate surface area is 118 Å². The summed E-state index contributed by atoms with van der Waals surface area (Å²) in [5, 5.41) is 1.37. The van der Waals surface area contributed by atoms with Gasteiger partial charge in [0.2, 0.25) is 0 Å². The largest absolute Gasteiger partial charge is 0.358 e. The maximum Gasteiger partial charge on any atom is 0.0544 e. The minimum Gasteiger partial charge on any atom is -0.358 e. The van der Waals surface area contributed by atoms with E-state index in [1.807, 2.05) is 12.3 Å². The van der Waals surface area contributed by atoms with Crippen LogP contribution in [-0.2, 0) is 19.5 Å². The Hall–Kier alpha value is -2.13. The lowest BCUT2D eigenvalue weighted by molar-refractivity contribution is 0.243. The second-order valence-electron chi connectivity index (χ2n) is 5.41. The van der Waals surface area contributed by atoms with Gasteiger partial charge in [-0.2, -0.15) is 0 Å². The number of pyridine rings is 1. The molecule has 0 bridgehead atoms. The highest BCUT2D eigenvalue weighted by atomic mass is 15.1. The third kappa shape index (κ3) is 2.00. The standard InChI is InChI=1S/C17H17N3/c1-2-7-16-14(6-1)15-12-20(10-8-17(15)19-16)11-13-5-3-4-9-18-13/h1-7,9,19H,8,10-12H2. The maximum absolute atomic E-state index is 4.43. The minimum absolute atomic E-state index is 0.930. The van der Waals surface area contributed by atoms with E-state index in [9.17, 15) is 0 Å². The Balaban J connectivity index is 1.63. The number of nitrogens with zero attached hydrogens (tertiary/aromatic N) is 2. The lowest BCUT2D eigenvalue weighted by Gasteiger charge is -2.26. The van der Waals surface area contributed by atoms with Gasteiger partial charge in [-0.05, 0) is 23.8 Å². The Morgan fingerprint density at radius 3 is 2.90 bits per heavy atom. The normalized spacial score (nSPS) is 15.4. The SMILES string of the molecule is c1ccc(CN2CCc3[nH]c4ccccc4c3C2)nc1. The molecule has 0 fully saturated rings. The Bertz CT molecular complexity index is 730. The lowest BCUT2D eigenvalue weighted by Crippen LogP contribution is -2.30. The highest BCUT2D eigenvalue weighted by Crippen LogP contribution is 2.27. The summed E-state index contributed by atoms with van der Waals surface area (Å²) in [5.41, 5.74) is 5.28. The molecule has 0 amide bonds. The average molecular weight is 263 g/mol. The van der Waals surface area contributed by atoms with Crippen LogP contribution in [0, 0.1) is 0 Å². The summed E-state index contributed by atoms with van der Waals surface area (Å²) in [4.78, 5) is 10.5. The van der Waals surface area contributed by atoms with Crippen LogP contribution < -0.4 is 0 Å². The fourth-order valence-electron chi connectivity index (χ4n) is 3.08. The zero-order valence-electron chi connectivity index (χ0n) is 11.3. The van der Waals surface area contributed by atoms with E-state index in [0.717, 1.165) is 31.7 Å². The minimum atomic E-state index is 0.930. The number of nitrogens with one attached hydrogen (secondary N) is 1. The third-order valence-electron chi connectivity index (χ3n) is 4.07. The number of aromatic amines is 1. The van der Waals surface area contributed by atoms with E-state index in [1.54, 1.807) is 0 Å². The predicted molar refractivity (Wildman–Crippen MR) is 80.4 cm³/mol. The molecule has 3 nitrogen and oxygen atoms in total. The molecule has 0 saturated heterocycles. The number of benzene rings is 1. The van der Waals surface area contributed by atoms with Gasteiger partial charge in [0.25, 0.3) is 0 Å². The van der Waals surface area contributed by atoms with Gasteiger partial charge in [0.1, 0.15) is 0 Å². The summed E-state index contributed by atoms with van der Waals surface area (Å²) in [6.07, 6.45) is 2.97. The Kier molecular flexibility index (Phi) is 2.78. The van der Waals surface area contributed by atoms with Crippen LogP contribution in [0.2, 0.25) is 0 Å². The van der Waals surface area contributed by atoms with Crippen molar-refractivity contribution in [3.8, 4) is 0 Å². The van der Waals surface area contributed by atoms with Crippen molar-refractivity contribution in [2.45, 2.75) is 19.5 Å². The summed E-state index contributed by atoms with van der Waals surface area (Å²) in [5.74, 6) is 0. The Morgan fingerprint density at radius 1 is 1.10 bits per heavy atom. The van der Waals surface area contributed by atoms with Gasteiger partial charge in [0.05, 0.1) is 5.69 Å². The van der Waals surface area contributed by atoms with Gasteiger partial charge in [-0.3, -0.25) is 9.88 Å². The molecule has 0 radical (unpaired) electrons. The number of hydrogen-bond acceptors (Lipinski definition) is 2. The number of aromatic nitrogens is 2. The van der Waals surface area contributed by atoms with E-state index in [2.05, 4.69) is 51.3 Å². The van der Waals surface area contributed by atoms with Crippen molar-refractivity contribution < 1.29 is 0 Å². The molecule has 1 aromatic carbocycles. The number of hydrogen-bond donors (Lipinski definition) is 1. The molecule has 0 unspecified atom stereocenters. The molecule has 1 aliphatic heterocycles. The second kappa shape index (κ2) is 4.76. The summed E-state index contributed by atoms with van der Waals surface area (Å²) in [6.45, 7) is 3.03. The first-order valence-corrected chi connectivity index (χ1v) is 7.11. The highest BCUT2D eigenvalue weighted by molar-refractivity contribution is 5.84. The lowest BCUT2D eigenvalue weighted by atomic mass is 10.0. The molecule has 0 atom stereocenters. The van der Waals surface area contributed by atoms with E-state index < -0.39 is 0 Å². The molecule has 1 N–H and O–H groups in total. The van der Waals surface area contributed by atoms with Crippen molar-refractivity contribution in [1.29, 1.82) is 0 Å². The number of fused-ring (bicyclic) bond motifs is 3. The highest BCUT2D eigenvalue weighted by Gasteiger charge is 2.20. The zero-order chi connectivity index (χ0) is 13.4. The monoisotopic (exact) mass is 263 g/mol. The van der Waals surface area contributed by atoms with Crippen molar-refractivity contribution >= 4 is 10.9 Å². The predicted octanol–water partition coefficient (Wildman–Crippen LogP) is 3.12.